The molecule has 0 heterocycles. The molecule has 0 saturated heterocycles. The number of hydrogen-bond donors (Lipinski definition) is 1. The number of carbonyl (C=O) groups is 1. The summed E-state index contributed by atoms with van der Waals surface area (Å²) in [5, 5.41) is 1.55. The molecule has 0 fully saturated rings. The molecular weight excluding hydrogens is 156 g/mol. The van der Waals surface area contributed by atoms with E-state index in [1.807, 2.05) is 0 Å². The molecule has 4 nitrogen and oxygen atoms in total. The predicted octanol–water partition coefficient (Wildman–Crippen LogP) is 0.301. The van der Waals surface area contributed by atoms with Crippen LogP contribution in [0, 0.1) is 0 Å². The number of carbonyl (C=O) groups excluding carboxylic acids is 1. The first kappa shape index (κ1) is 11.1. The Morgan fingerprint density at radius 3 is 2.67 bits per heavy atom. The number of esters is 1. The van der Waals surface area contributed by atoms with E-state index in [0.29, 0.717) is 18.7 Å². The standard InChI is InChI=1S/C8H16N2O2/c1-7(2)8(11)12-6-4-5-10(3)9/h1,4-6,9H2,2-3H3. The highest BCUT2D eigenvalue weighted by molar-refractivity contribution is 5.86. The van der Waals surface area contributed by atoms with Gasteiger partial charge in [-0.2, -0.15) is 0 Å². The highest BCUT2D eigenvalue weighted by Gasteiger charge is 2.01. The first-order valence-electron chi connectivity index (χ1n) is 3.82. The molecule has 70 valence electrons. The Kier molecular flexibility index (Phi) is 5.32. The Balaban J connectivity index is 3.32. The third kappa shape index (κ3) is 5.88. The van der Waals surface area contributed by atoms with Gasteiger partial charge in [0.2, 0.25) is 0 Å². The zero-order valence-electron chi connectivity index (χ0n) is 7.67. The first-order valence-corrected chi connectivity index (χ1v) is 3.82. The van der Waals surface area contributed by atoms with E-state index in [1.54, 1.807) is 19.0 Å². The molecule has 0 atom stereocenters. The second-order valence-electron chi connectivity index (χ2n) is 2.75. The van der Waals surface area contributed by atoms with Crippen LogP contribution < -0.4 is 5.84 Å². The molecule has 0 radical (unpaired) electrons. The van der Waals surface area contributed by atoms with E-state index in [9.17, 15) is 4.79 Å². The number of ether oxygens (including phenoxy) is 1. The largest absolute Gasteiger partial charge is 0.462 e. The lowest BCUT2D eigenvalue weighted by atomic mass is 10.3. The Morgan fingerprint density at radius 2 is 2.25 bits per heavy atom. The molecule has 12 heavy (non-hydrogen) atoms. The van der Waals surface area contributed by atoms with Crippen LogP contribution >= 0.6 is 0 Å². The van der Waals surface area contributed by atoms with Crippen LogP contribution in [0.3, 0.4) is 0 Å². The summed E-state index contributed by atoms with van der Waals surface area (Å²) in [6.45, 7) is 6.19. The number of nitrogens with zero attached hydrogens (tertiary/aromatic N) is 1. The van der Waals surface area contributed by atoms with E-state index < -0.39 is 0 Å². The molecule has 4 heteroatoms. The molecule has 0 bridgehead atoms. The van der Waals surface area contributed by atoms with Crippen molar-refractivity contribution in [1.82, 2.24) is 5.01 Å². The monoisotopic (exact) mass is 172 g/mol. The molecule has 0 aromatic carbocycles. The van der Waals surface area contributed by atoms with Gasteiger partial charge in [0.1, 0.15) is 0 Å². The van der Waals surface area contributed by atoms with Gasteiger partial charge >= 0.3 is 5.97 Å². The molecule has 0 aromatic heterocycles. The summed E-state index contributed by atoms with van der Waals surface area (Å²) in [5.41, 5.74) is 0.427. The average Bonchev–Trinajstić information content (AvgIpc) is 1.97. The molecular formula is C8H16N2O2. The summed E-state index contributed by atoms with van der Waals surface area (Å²) in [6.07, 6.45) is 0.742. The van der Waals surface area contributed by atoms with Crippen LogP contribution in [-0.4, -0.2) is 31.2 Å². The Hall–Kier alpha value is -0.870. The van der Waals surface area contributed by atoms with Gasteiger partial charge in [0.25, 0.3) is 0 Å². The Bertz CT molecular complexity index is 166. The quantitative estimate of drug-likeness (QED) is 0.213. The van der Waals surface area contributed by atoms with Crippen LogP contribution in [0.1, 0.15) is 13.3 Å². The van der Waals surface area contributed by atoms with E-state index in [-0.39, 0.29) is 5.97 Å². The van der Waals surface area contributed by atoms with Crippen LogP contribution in [0.2, 0.25) is 0 Å². The maximum absolute atomic E-state index is 10.8. The third-order valence-corrected chi connectivity index (χ3v) is 1.24. The Morgan fingerprint density at radius 1 is 1.67 bits per heavy atom. The van der Waals surface area contributed by atoms with Crippen molar-refractivity contribution >= 4 is 5.97 Å². The molecule has 0 amide bonds. The third-order valence-electron chi connectivity index (χ3n) is 1.24. The summed E-state index contributed by atoms with van der Waals surface area (Å²) < 4.78 is 4.83. The number of hydrazine groups is 1. The number of hydrogen-bond acceptors (Lipinski definition) is 4. The minimum Gasteiger partial charge on any atom is -0.462 e. The topological polar surface area (TPSA) is 55.6 Å². The zero-order valence-corrected chi connectivity index (χ0v) is 7.67. The summed E-state index contributed by atoms with van der Waals surface area (Å²) in [7, 11) is 1.76. The van der Waals surface area contributed by atoms with Gasteiger partial charge < -0.3 is 4.74 Å². The van der Waals surface area contributed by atoms with Crippen molar-refractivity contribution in [3.8, 4) is 0 Å². The summed E-state index contributed by atoms with van der Waals surface area (Å²) in [5.74, 6) is 5.01. The number of nitrogens with two attached hydrogens (primary N) is 1. The first-order chi connectivity index (χ1) is 5.54. The van der Waals surface area contributed by atoms with E-state index in [1.165, 1.54) is 0 Å². The second-order valence-corrected chi connectivity index (χ2v) is 2.75. The average molecular weight is 172 g/mol. The fourth-order valence-electron chi connectivity index (χ4n) is 0.602. The van der Waals surface area contributed by atoms with Gasteiger partial charge in [0, 0.05) is 19.2 Å². The molecule has 0 aliphatic rings. The van der Waals surface area contributed by atoms with Crippen molar-refractivity contribution in [2.45, 2.75) is 13.3 Å². The Labute approximate surface area is 72.9 Å². The van der Waals surface area contributed by atoms with Crippen LogP contribution in [0.15, 0.2) is 12.2 Å². The van der Waals surface area contributed by atoms with Crippen molar-refractivity contribution in [3.63, 3.8) is 0 Å². The van der Waals surface area contributed by atoms with E-state index in [4.69, 9.17) is 10.6 Å². The maximum Gasteiger partial charge on any atom is 0.333 e. The smallest absolute Gasteiger partial charge is 0.333 e. The molecule has 0 spiro atoms. The fourth-order valence-corrected chi connectivity index (χ4v) is 0.602. The van der Waals surface area contributed by atoms with Crippen molar-refractivity contribution in [3.05, 3.63) is 12.2 Å². The summed E-state index contributed by atoms with van der Waals surface area (Å²) in [6, 6.07) is 0. The molecule has 0 rings (SSSR count). The van der Waals surface area contributed by atoms with Gasteiger partial charge in [-0.05, 0) is 13.3 Å². The lowest BCUT2D eigenvalue weighted by Crippen LogP contribution is -2.27. The van der Waals surface area contributed by atoms with Crippen molar-refractivity contribution < 1.29 is 9.53 Å². The van der Waals surface area contributed by atoms with Gasteiger partial charge in [0.15, 0.2) is 0 Å². The van der Waals surface area contributed by atoms with Crippen LogP contribution in [-0.2, 0) is 9.53 Å². The van der Waals surface area contributed by atoms with E-state index in [2.05, 4.69) is 6.58 Å². The van der Waals surface area contributed by atoms with Crippen LogP contribution in [0.4, 0.5) is 0 Å². The maximum atomic E-state index is 10.8. The van der Waals surface area contributed by atoms with Gasteiger partial charge in [-0.15, -0.1) is 0 Å². The lowest BCUT2D eigenvalue weighted by Gasteiger charge is -2.08. The molecule has 0 aromatic rings. The van der Waals surface area contributed by atoms with Gasteiger partial charge in [-0.3, -0.25) is 10.9 Å². The SMILES string of the molecule is C=C(C)C(=O)OCCCN(C)N. The minimum atomic E-state index is -0.338. The predicted molar refractivity (Wildman–Crippen MR) is 47.2 cm³/mol. The minimum absolute atomic E-state index is 0.338. The van der Waals surface area contributed by atoms with Crippen LogP contribution in [0.5, 0.6) is 0 Å². The van der Waals surface area contributed by atoms with Crippen molar-refractivity contribution in [2.24, 2.45) is 5.84 Å². The van der Waals surface area contributed by atoms with Crippen LogP contribution in [0.25, 0.3) is 0 Å². The highest BCUT2D eigenvalue weighted by atomic mass is 16.5. The van der Waals surface area contributed by atoms with Gasteiger partial charge in [-0.1, -0.05) is 6.58 Å². The summed E-state index contributed by atoms with van der Waals surface area (Å²) >= 11 is 0. The van der Waals surface area contributed by atoms with Gasteiger partial charge in [-0.25, -0.2) is 4.79 Å². The molecule has 2 N–H and O–H groups in total. The normalized spacial score (nSPS) is 10.0. The molecule has 0 aliphatic carbocycles. The zero-order chi connectivity index (χ0) is 9.56. The van der Waals surface area contributed by atoms with E-state index in [0.717, 1.165) is 6.42 Å². The highest BCUT2D eigenvalue weighted by Crippen LogP contribution is 1.93. The van der Waals surface area contributed by atoms with Crippen molar-refractivity contribution in [1.29, 1.82) is 0 Å². The summed E-state index contributed by atoms with van der Waals surface area (Å²) in [4.78, 5) is 10.8. The molecule has 0 aliphatic heterocycles. The second kappa shape index (κ2) is 5.74. The molecule has 0 saturated carbocycles. The lowest BCUT2D eigenvalue weighted by molar-refractivity contribution is -0.139. The van der Waals surface area contributed by atoms with E-state index >= 15 is 0 Å². The number of rotatable bonds is 5. The van der Waals surface area contributed by atoms with Crippen molar-refractivity contribution in [2.75, 3.05) is 20.2 Å². The molecule has 0 unspecified atom stereocenters. The van der Waals surface area contributed by atoms with Gasteiger partial charge in [0.05, 0.1) is 6.61 Å². The fraction of sp³-hybridized carbons (Fsp3) is 0.625.